The van der Waals surface area contributed by atoms with E-state index in [-0.39, 0.29) is 0 Å². The first-order chi connectivity index (χ1) is 13.0. The van der Waals surface area contributed by atoms with Crippen LogP contribution in [0.25, 0.3) is 21.8 Å². The monoisotopic (exact) mass is 419 g/mol. The van der Waals surface area contributed by atoms with Crippen molar-refractivity contribution in [3.63, 3.8) is 0 Å². The van der Waals surface area contributed by atoms with Crippen LogP contribution in [0.2, 0.25) is 0 Å². The van der Waals surface area contributed by atoms with Gasteiger partial charge in [-0.05, 0) is 53.4 Å². The van der Waals surface area contributed by atoms with Crippen molar-refractivity contribution >= 4 is 43.6 Å². The summed E-state index contributed by atoms with van der Waals surface area (Å²) in [5.41, 5.74) is 10.7. The van der Waals surface area contributed by atoms with Crippen molar-refractivity contribution in [1.29, 1.82) is 0 Å². The molecule has 4 rings (SSSR count). The summed E-state index contributed by atoms with van der Waals surface area (Å²) < 4.78 is 3.30. The fourth-order valence-electron chi connectivity index (χ4n) is 3.60. The van der Waals surface area contributed by atoms with Crippen LogP contribution in [0.4, 0.5) is 0 Å². The summed E-state index contributed by atoms with van der Waals surface area (Å²) in [6.07, 6.45) is 0. The van der Waals surface area contributed by atoms with Crippen molar-refractivity contribution in [2.75, 3.05) is 0 Å². The molecule has 0 atom stereocenters. The Labute approximate surface area is 166 Å². The SMILES string of the molecule is CC(C)c1c[c]c2c3c(C(N)=O)cccc3n(Cc3cccc(Br)c3)c2c1. The Bertz CT molecular complexity index is 1170. The van der Waals surface area contributed by atoms with Crippen LogP contribution in [-0.2, 0) is 6.54 Å². The van der Waals surface area contributed by atoms with E-state index in [0.717, 1.165) is 26.3 Å². The van der Waals surface area contributed by atoms with Gasteiger partial charge in [0, 0.05) is 27.4 Å². The molecule has 3 nitrogen and oxygen atoms in total. The maximum Gasteiger partial charge on any atom is 0.249 e. The molecule has 4 aromatic rings. The van der Waals surface area contributed by atoms with Crippen LogP contribution in [0, 0.1) is 6.07 Å². The molecular formula is C23H20BrN2O. The Morgan fingerprint density at radius 2 is 1.93 bits per heavy atom. The van der Waals surface area contributed by atoms with E-state index < -0.39 is 5.91 Å². The Morgan fingerprint density at radius 1 is 1.15 bits per heavy atom. The molecule has 0 saturated heterocycles. The molecule has 135 valence electrons. The highest BCUT2D eigenvalue weighted by Gasteiger charge is 2.17. The number of halogens is 1. The highest BCUT2D eigenvalue weighted by Crippen LogP contribution is 2.34. The molecule has 0 fully saturated rings. The minimum atomic E-state index is -0.413. The van der Waals surface area contributed by atoms with Gasteiger partial charge in [-0.1, -0.05) is 54.0 Å². The zero-order valence-electron chi connectivity index (χ0n) is 15.3. The molecular weight excluding hydrogens is 400 g/mol. The molecule has 2 N–H and O–H groups in total. The predicted octanol–water partition coefficient (Wildman–Crippen LogP) is 5.63. The van der Waals surface area contributed by atoms with E-state index in [2.05, 4.69) is 58.6 Å². The topological polar surface area (TPSA) is 48.0 Å². The Balaban J connectivity index is 2.05. The van der Waals surface area contributed by atoms with Crippen molar-refractivity contribution in [2.45, 2.75) is 26.3 Å². The normalized spacial score (nSPS) is 11.6. The fourth-order valence-corrected chi connectivity index (χ4v) is 4.05. The third-order valence-electron chi connectivity index (χ3n) is 4.98. The summed E-state index contributed by atoms with van der Waals surface area (Å²) in [6.45, 7) is 5.05. The number of nitrogens with two attached hydrogens (primary N) is 1. The average molecular weight is 420 g/mol. The second-order valence-electron chi connectivity index (χ2n) is 7.13. The van der Waals surface area contributed by atoms with Gasteiger partial charge in [-0.15, -0.1) is 0 Å². The lowest BCUT2D eigenvalue weighted by Gasteiger charge is -2.10. The molecule has 0 saturated carbocycles. The summed E-state index contributed by atoms with van der Waals surface area (Å²) in [5.74, 6) is -0.0120. The Morgan fingerprint density at radius 3 is 2.63 bits per heavy atom. The number of hydrogen-bond acceptors (Lipinski definition) is 1. The summed E-state index contributed by atoms with van der Waals surface area (Å²) in [4.78, 5) is 12.0. The Hall–Kier alpha value is -2.59. The number of aromatic nitrogens is 1. The van der Waals surface area contributed by atoms with Crippen LogP contribution in [0.3, 0.4) is 0 Å². The van der Waals surface area contributed by atoms with Crippen molar-refractivity contribution in [3.8, 4) is 0 Å². The van der Waals surface area contributed by atoms with E-state index >= 15 is 0 Å². The molecule has 1 heterocycles. The van der Waals surface area contributed by atoms with Gasteiger partial charge in [0.05, 0.1) is 11.0 Å². The molecule has 0 bridgehead atoms. The molecule has 0 aliphatic carbocycles. The second-order valence-corrected chi connectivity index (χ2v) is 8.04. The van der Waals surface area contributed by atoms with Crippen molar-refractivity contribution in [2.24, 2.45) is 5.73 Å². The quantitative estimate of drug-likeness (QED) is 0.457. The Kier molecular flexibility index (Phi) is 4.52. The first kappa shape index (κ1) is 17.8. The van der Waals surface area contributed by atoms with E-state index in [1.807, 2.05) is 30.3 Å². The summed E-state index contributed by atoms with van der Waals surface area (Å²) >= 11 is 3.55. The maximum absolute atomic E-state index is 12.0. The maximum atomic E-state index is 12.0. The molecule has 1 aromatic heterocycles. The van der Waals surface area contributed by atoms with E-state index in [0.29, 0.717) is 18.0 Å². The van der Waals surface area contributed by atoms with E-state index in [4.69, 9.17) is 5.73 Å². The molecule has 27 heavy (non-hydrogen) atoms. The van der Waals surface area contributed by atoms with Crippen molar-refractivity contribution in [1.82, 2.24) is 4.57 Å². The zero-order valence-corrected chi connectivity index (χ0v) is 16.9. The standard InChI is InChI=1S/C23H20BrN2O/c1-14(2)16-9-10-18-21(12-16)26(13-15-5-3-6-17(24)11-15)20-8-4-7-19(22(18)20)23(25)27/h3-9,11-12,14H,13H2,1-2H3,(H2,25,27). The lowest BCUT2D eigenvalue weighted by molar-refractivity contribution is 0.100. The average Bonchev–Trinajstić information content (AvgIpc) is 2.95. The highest BCUT2D eigenvalue weighted by molar-refractivity contribution is 9.10. The van der Waals surface area contributed by atoms with Crippen LogP contribution >= 0.6 is 15.9 Å². The van der Waals surface area contributed by atoms with E-state index in [1.54, 1.807) is 6.07 Å². The largest absolute Gasteiger partial charge is 0.366 e. The van der Waals surface area contributed by atoms with Gasteiger partial charge in [-0.2, -0.15) is 0 Å². The molecule has 1 radical (unpaired) electrons. The van der Waals surface area contributed by atoms with Gasteiger partial charge in [0.25, 0.3) is 0 Å². The van der Waals surface area contributed by atoms with Gasteiger partial charge in [0.1, 0.15) is 0 Å². The van der Waals surface area contributed by atoms with E-state index in [9.17, 15) is 4.79 Å². The molecule has 0 aliphatic rings. The number of carbonyl (C=O) groups excluding carboxylic acids is 1. The number of benzene rings is 3. The minimum Gasteiger partial charge on any atom is -0.366 e. The van der Waals surface area contributed by atoms with Crippen molar-refractivity contribution < 1.29 is 4.79 Å². The number of carbonyl (C=O) groups is 1. The van der Waals surface area contributed by atoms with Gasteiger partial charge in [0.2, 0.25) is 5.91 Å². The molecule has 0 unspecified atom stereocenters. The van der Waals surface area contributed by atoms with Gasteiger partial charge in [-0.3, -0.25) is 4.79 Å². The molecule has 0 aliphatic heterocycles. The predicted molar refractivity (Wildman–Crippen MR) is 114 cm³/mol. The van der Waals surface area contributed by atoms with Gasteiger partial charge in [-0.25, -0.2) is 0 Å². The third-order valence-corrected chi connectivity index (χ3v) is 5.47. The first-order valence-corrected chi connectivity index (χ1v) is 9.76. The number of fused-ring (bicyclic) bond motifs is 3. The number of nitrogens with zero attached hydrogens (tertiary/aromatic N) is 1. The smallest absolute Gasteiger partial charge is 0.249 e. The number of hydrogen-bond donors (Lipinski definition) is 1. The van der Waals surface area contributed by atoms with Crippen molar-refractivity contribution in [3.05, 3.63) is 81.8 Å². The summed E-state index contributed by atoms with van der Waals surface area (Å²) in [5, 5.41) is 1.82. The second kappa shape index (κ2) is 6.86. The highest BCUT2D eigenvalue weighted by atomic mass is 79.9. The van der Waals surface area contributed by atoms with E-state index in [1.165, 1.54) is 11.1 Å². The minimum absolute atomic E-state index is 0.401. The van der Waals surface area contributed by atoms with Crippen LogP contribution in [0.15, 0.2) is 59.1 Å². The lowest BCUT2D eigenvalue weighted by Crippen LogP contribution is -2.11. The van der Waals surface area contributed by atoms with Crippen LogP contribution < -0.4 is 5.73 Å². The fraction of sp³-hybridized carbons (Fsp3) is 0.174. The number of primary amides is 1. The number of rotatable bonds is 4. The molecule has 4 heteroatoms. The number of amides is 1. The first-order valence-electron chi connectivity index (χ1n) is 8.96. The van der Waals surface area contributed by atoms with Crippen LogP contribution in [0.1, 0.15) is 41.3 Å². The molecule has 3 aromatic carbocycles. The molecule has 0 spiro atoms. The summed E-state index contributed by atoms with van der Waals surface area (Å²) in [6, 6.07) is 21.7. The van der Waals surface area contributed by atoms with Gasteiger partial charge < -0.3 is 10.3 Å². The zero-order chi connectivity index (χ0) is 19.1. The lowest BCUT2D eigenvalue weighted by atomic mass is 10.00. The third kappa shape index (κ3) is 3.15. The molecule has 1 amide bonds. The summed E-state index contributed by atoms with van der Waals surface area (Å²) in [7, 11) is 0. The van der Waals surface area contributed by atoms with Gasteiger partial charge >= 0.3 is 0 Å². The van der Waals surface area contributed by atoms with Crippen LogP contribution in [-0.4, -0.2) is 10.5 Å². The van der Waals surface area contributed by atoms with Gasteiger partial charge in [0.15, 0.2) is 0 Å². The van der Waals surface area contributed by atoms with Crippen LogP contribution in [0.5, 0.6) is 0 Å².